The molecule has 0 bridgehead atoms. The fourth-order valence-electron chi connectivity index (χ4n) is 1.45. The van der Waals surface area contributed by atoms with Gasteiger partial charge in [-0.2, -0.15) is 0 Å². The second-order valence-electron chi connectivity index (χ2n) is 4.78. The number of hydrogen-bond donors (Lipinski definition) is 3. The number of ether oxygens (including phenoxy) is 1. The first kappa shape index (κ1) is 15.2. The van der Waals surface area contributed by atoms with Crippen LogP contribution in [0.3, 0.4) is 0 Å². The highest BCUT2D eigenvalue weighted by atomic mass is 16.5. The molecule has 96 valence electrons. The van der Waals surface area contributed by atoms with Crippen molar-refractivity contribution >= 4 is 5.84 Å². The molecule has 0 amide bonds. The number of nitrogens with two attached hydrogens (primary N) is 1. The molecule has 0 aromatic carbocycles. The lowest BCUT2D eigenvalue weighted by Crippen LogP contribution is -2.34. The van der Waals surface area contributed by atoms with E-state index in [0.29, 0.717) is 12.6 Å². The molecule has 0 aliphatic rings. The molecule has 4 N–H and O–H groups in total. The number of hydrogen-bond acceptors (Lipinski definition) is 4. The van der Waals surface area contributed by atoms with Crippen LogP contribution in [0.4, 0.5) is 0 Å². The first-order chi connectivity index (χ1) is 7.44. The lowest BCUT2D eigenvalue weighted by molar-refractivity contribution is 0.171. The molecule has 1 atom stereocenters. The maximum atomic E-state index is 8.62. The molecular formula is C11H25N3O2. The maximum absolute atomic E-state index is 8.62. The van der Waals surface area contributed by atoms with Crippen LogP contribution in [0.25, 0.3) is 0 Å². The Morgan fingerprint density at radius 2 is 2.19 bits per heavy atom. The molecule has 0 aromatic heterocycles. The minimum absolute atomic E-state index is 0.249. The summed E-state index contributed by atoms with van der Waals surface area (Å²) in [5, 5.41) is 15.0. The Balaban J connectivity index is 3.74. The zero-order valence-electron chi connectivity index (χ0n) is 10.8. The predicted octanol–water partition coefficient (Wildman–Crippen LogP) is 1.16. The molecule has 0 fully saturated rings. The van der Waals surface area contributed by atoms with Crippen molar-refractivity contribution in [1.29, 1.82) is 0 Å². The van der Waals surface area contributed by atoms with Crippen LogP contribution in [-0.2, 0) is 4.74 Å². The molecule has 0 heterocycles. The van der Waals surface area contributed by atoms with Crippen LogP contribution in [0.1, 0.15) is 33.6 Å². The van der Waals surface area contributed by atoms with E-state index in [0.717, 1.165) is 19.4 Å². The Kier molecular flexibility index (Phi) is 7.08. The van der Waals surface area contributed by atoms with Gasteiger partial charge in [0.1, 0.15) is 5.84 Å². The van der Waals surface area contributed by atoms with Crippen molar-refractivity contribution in [1.82, 2.24) is 5.32 Å². The van der Waals surface area contributed by atoms with Gasteiger partial charge in [0, 0.05) is 18.6 Å². The number of oxime groups is 1. The molecule has 0 aliphatic heterocycles. The third kappa shape index (κ3) is 5.92. The van der Waals surface area contributed by atoms with Crippen LogP contribution >= 0.6 is 0 Å². The van der Waals surface area contributed by atoms with Gasteiger partial charge in [0.15, 0.2) is 0 Å². The van der Waals surface area contributed by atoms with E-state index in [1.54, 1.807) is 7.11 Å². The highest BCUT2D eigenvalue weighted by molar-refractivity contribution is 5.85. The molecule has 5 nitrogen and oxygen atoms in total. The Hall–Kier alpha value is -0.810. The van der Waals surface area contributed by atoms with Gasteiger partial charge in [-0.1, -0.05) is 19.0 Å². The van der Waals surface area contributed by atoms with Crippen molar-refractivity contribution in [3.8, 4) is 0 Å². The second kappa shape index (κ2) is 7.46. The highest BCUT2D eigenvalue weighted by Crippen LogP contribution is 2.21. The monoisotopic (exact) mass is 231 g/mol. The van der Waals surface area contributed by atoms with Gasteiger partial charge in [-0.3, -0.25) is 0 Å². The van der Waals surface area contributed by atoms with Gasteiger partial charge in [-0.25, -0.2) is 0 Å². The molecule has 0 radical (unpaired) electrons. The van der Waals surface area contributed by atoms with Gasteiger partial charge in [-0.15, -0.1) is 0 Å². The third-order valence-corrected chi connectivity index (χ3v) is 2.69. The van der Waals surface area contributed by atoms with Crippen molar-refractivity contribution < 1.29 is 9.94 Å². The summed E-state index contributed by atoms with van der Waals surface area (Å²) in [5.74, 6) is 0.289. The van der Waals surface area contributed by atoms with Crippen LogP contribution in [0.15, 0.2) is 5.16 Å². The van der Waals surface area contributed by atoms with E-state index < -0.39 is 0 Å². The summed E-state index contributed by atoms with van der Waals surface area (Å²) in [5.41, 5.74) is 5.35. The summed E-state index contributed by atoms with van der Waals surface area (Å²) in [7, 11) is 1.69. The van der Waals surface area contributed by atoms with E-state index in [9.17, 15) is 0 Å². The molecule has 5 heteroatoms. The Morgan fingerprint density at radius 1 is 1.56 bits per heavy atom. The average molecular weight is 231 g/mol. The molecule has 16 heavy (non-hydrogen) atoms. The number of rotatable bonds is 8. The zero-order valence-corrected chi connectivity index (χ0v) is 10.8. The Labute approximate surface area is 98.0 Å². The molecule has 0 aliphatic carbocycles. The Bertz CT molecular complexity index is 217. The summed E-state index contributed by atoms with van der Waals surface area (Å²) < 4.78 is 5.02. The average Bonchev–Trinajstić information content (AvgIpc) is 2.23. The number of methoxy groups -OCH3 is 1. The largest absolute Gasteiger partial charge is 0.409 e. The fourth-order valence-corrected chi connectivity index (χ4v) is 1.45. The first-order valence-electron chi connectivity index (χ1n) is 5.64. The predicted molar refractivity (Wildman–Crippen MR) is 65.8 cm³/mol. The van der Waals surface area contributed by atoms with Gasteiger partial charge < -0.3 is 21.0 Å². The SMILES string of the molecule is COCC(C)NCCCC(C)(C)C(N)=NO. The normalized spacial score (nSPS) is 15.1. The molecule has 0 aromatic rings. The standard InChI is InChI=1S/C11H25N3O2/c1-9(8-16-4)13-7-5-6-11(2,3)10(12)14-15/h9,13,15H,5-8H2,1-4H3,(H2,12,14). The minimum Gasteiger partial charge on any atom is -0.409 e. The summed E-state index contributed by atoms with van der Waals surface area (Å²) in [6.45, 7) is 7.65. The van der Waals surface area contributed by atoms with Crippen LogP contribution in [0.5, 0.6) is 0 Å². The fraction of sp³-hybridized carbons (Fsp3) is 0.909. The van der Waals surface area contributed by atoms with E-state index in [-0.39, 0.29) is 11.3 Å². The van der Waals surface area contributed by atoms with Crippen LogP contribution in [0, 0.1) is 5.41 Å². The number of nitrogens with zero attached hydrogens (tertiary/aromatic N) is 1. The van der Waals surface area contributed by atoms with Crippen molar-refractivity contribution in [2.45, 2.75) is 39.7 Å². The lowest BCUT2D eigenvalue weighted by Gasteiger charge is -2.23. The minimum atomic E-state index is -0.249. The van der Waals surface area contributed by atoms with E-state index in [4.69, 9.17) is 15.7 Å². The van der Waals surface area contributed by atoms with Crippen LogP contribution < -0.4 is 11.1 Å². The third-order valence-electron chi connectivity index (χ3n) is 2.69. The highest BCUT2D eigenvalue weighted by Gasteiger charge is 2.22. The molecule has 0 saturated heterocycles. The lowest BCUT2D eigenvalue weighted by atomic mass is 9.86. The first-order valence-corrected chi connectivity index (χ1v) is 5.64. The molecular weight excluding hydrogens is 206 g/mol. The van der Waals surface area contributed by atoms with E-state index in [1.165, 1.54) is 0 Å². The van der Waals surface area contributed by atoms with Crippen molar-refractivity contribution in [3.63, 3.8) is 0 Å². The van der Waals surface area contributed by atoms with Crippen molar-refractivity contribution in [3.05, 3.63) is 0 Å². The molecule has 1 unspecified atom stereocenters. The van der Waals surface area contributed by atoms with Gasteiger partial charge in [0.25, 0.3) is 0 Å². The topological polar surface area (TPSA) is 79.9 Å². The summed E-state index contributed by atoms with van der Waals surface area (Å²) in [6.07, 6.45) is 1.87. The van der Waals surface area contributed by atoms with E-state index >= 15 is 0 Å². The van der Waals surface area contributed by atoms with Crippen LogP contribution in [-0.4, -0.2) is 37.3 Å². The second-order valence-corrected chi connectivity index (χ2v) is 4.78. The summed E-state index contributed by atoms with van der Waals surface area (Å²) >= 11 is 0. The van der Waals surface area contributed by atoms with Crippen LogP contribution in [0.2, 0.25) is 0 Å². The molecule has 0 spiro atoms. The van der Waals surface area contributed by atoms with Gasteiger partial charge in [-0.05, 0) is 26.3 Å². The Morgan fingerprint density at radius 3 is 2.69 bits per heavy atom. The van der Waals surface area contributed by atoms with Gasteiger partial charge >= 0.3 is 0 Å². The maximum Gasteiger partial charge on any atom is 0.144 e. The number of nitrogens with one attached hydrogen (secondary N) is 1. The van der Waals surface area contributed by atoms with Crippen molar-refractivity contribution in [2.75, 3.05) is 20.3 Å². The molecule has 0 saturated carbocycles. The van der Waals surface area contributed by atoms with Gasteiger partial charge in [0.2, 0.25) is 0 Å². The van der Waals surface area contributed by atoms with E-state index in [1.807, 2.05) is 13.8 Å². The zero-order chi connectivity index (χ0) is 12.6. The number of amidine groups is 1. The summed E-state index contributed by atoms with van der Waals surface area (Å²) in [4.78, 5) is 0. The van der Waals surface area contributed by atoms with Gasteiger partial charge in [0.05, 0.1) is 6.61 Å². The molecule has 0 rings (SSSR count). The van der Waals surface area contributed by atoms with E-state index in [2.05, 4.69) is 17.4 Å². The quantitative estimate of drug-likeness (QED) is 0.192. The smallest absolute Gasteiger partial charge is 0.144 e. The summed E-state index contributed by atoms with van der Waals surface area (Å²) in [6, 6.07) is 0.358. The van der Waals surface area contributed by atoms with Crippen molar-refractivity contribution in [2.24, 2.45) is 16.3 Å².